The third-order valence-corrected chi connectivity index (χ3v) is 3.58. The molecule has 0 unspecified atom stereocenters. The summed E-state index contributed by atoms with van der Waals surface area (Å²) in [6.45, 7) is 14.0. The molecule has 2 aromatic rings. The molecule has 0 heterocycles. The van der Waals surface area contributed by atoms with Gasteiger partial charge in [0.15, 0.2) is 0 Å². The normalized spacial score (nSPS) is 9.29. The maximum absolute atomic E-state index is 5.81. The highest BCUT2D eigenvalue weighted by Crippen LogP contribution is 2.21. The van der Waals surface area contributed by atoms with Crippen LogP contribution in [-0.4, -0.2) is 0 Å². The number of hydrogen-bond acceptors (Lipinski definition) is 1. The van der Waals surface area contributed by atoms with E-state index in [2.05, 4.69) is 38.3 Å². The monoisotopic (exact) mass is 347 g/mol. The number of nitrogens with two attached hydrogens (primary N) is 1. The molecule has 3 heteroatoms. The molecule has 24 heavy (non-hydrogen) atoms. The first kappa shape index (κ1) is 22.2. The second kappa shape index (κ2) is 11.7. The van der Waals surface area contributed by atoms with Gasteiger partial charge in [-0.1, -0.05) is 57.5 Å². The lowest BCUT2D eigenvalue weighted by Crippen LogP contribution is -2.41. The Kier molecular flexibility index (Phi) is 10.9. The molecule has 2 rings (SSSR count). The fourth-order valence-corrected chi connectivity index (χ4v) is 2.38. The van der Waals surface area contributed by atoms with E-state index in [-0.39, 0.29) is 0 Å². The van der Waals surface area contributed by atoms with E-state index >= 15 is 0 Å². The van der Waals surface area contributed by atoms with Crippen LogP contribution in [0.4, 0.5) is 11.4 Å². The fourth-order valence-electron chi connectivity index (χ4n) is 2.19. The van der Waals surface area contributed by atoms with Gasteiger partial charge in [0.25, 0.3) is 0 Å². The lowest BCUT2D eigenvalue weighted by molar-refractivity contribution is -0.255. The molecular weight excluding hydrogens is 316 g/mol. The largest absolute Gasteiger partial charge is 0.398 e. The van der Waals surface area contributed by atoms with E-state index in [0.717, 1.165) is 40.4 Å². The quantitative estimate of drug-likeness (QED) is 0.677. The summed E-state index contributed by atoms with van der Waals surface area (Å²) in [6.07, 6.45) is 2.25. The Balaban J connectivity index is 0.000000400. The molecule has 0 saturated heterocycles. The van der Waals surface area contributed by atoms with Crippen molar-refractivity contribution in [2.24, 2.45) is 0 Å². The molecule has 0 aliphatic heterocycles. The van der Waals surface area contributed by atoms with E-state index in [1.807, 2.05) is 45.0 Å². The molecule has 0 radical (unpaired) electrons. The lowest BCUT2D eigenvalue weighted by Gasteiger charge is -2.03. The lowest BCUT2D eigenvalue weighted by atomic mass is 10.1. The zero-order valence-electron chi connectivity index (χ0n) is 15.7. The van der Waals surface area contributed by atoms with Crippen molar-refractivity contribution in [2.75, 3.05) is 5.73 Å². The zero-order valence-corrected chi connectivity index (χ0v) is 16.5. The van der Waals surface area contributed by atoms with Crippen LogP contribution in [0.3, 0.4) is 0 Å². The molecule has 0 amide bonds. The zero-order chi connectivity index (χ0) is 18.7. The first-order chi connectivity index (χ1) is 11.3. The molecule has 132 valence electrons. The smallest absolute Gasteiger partial charge is 0.136 e. The highest BCUT2D eigenvalue weighted by molar-refractivity contribution is 6.30. The average Bonchev–Trinajstić information content (AvgIpc) is 2.52. The summed E-state index contributed by atoms with van der Waals surface area (Å²) in [4.78, 5) is 0. The molecule has 0 saturated carbocycles. The van der Waals surface area contributed by atoms with Crippen LogP contribution in [0.15, 0.2) is 43.0 Å². The second-order valence-corrected chi connectivity index (χ2v) is 5.97. The molecular formula is C21H32ClN2+. The first-order valence-corrected chi connectivity index (χ1v) is 8.85. The Morgan fingerprint density at radius 2 is 1.79 bits per heavy atom. The average molecular weight is 348 g/mol. The minimum Gasteiger partial charge on any atom is -0.398 e. The van der Waals surface area contributed by atoms with Crippen molar-refractivity contribution in [3.05, 3.63) is 64.7 Å². The molecule has 5 N–H and O–H groups in total. The molecule has 0 atom stereocenters. The van der Waals surface area contributed by atoms with Crippen molar-refractivity contribution in [2.45, 2.75) is 47.5 Å². The van der Waals surface area contributed by atoms with Gasteiger partial charge in [0, 0.05) is 22.3 Å². The van der Waals surface area contributed by atoms with Crippen molar-refractivity contribution in [1.29, 1.82) is 0 Å². The number of quaternary nitrogens is 1. The number of rotatable bonds is 3. The van der Waals surface area contributed by atoms with Gasteiger partial charge in [-0.3, -0.25) is 0 Å². The Morgan fingerprint density at radius 3 is 2.25 bits per heavy atom. The predicted octanol–water partition coefficient (Wildman–Crippen LogP) is 5.80. The Bertz CT molecular complexity index is 648. The van der Waals surface area contributed by atoms with Gasteiger partial charge in [0.05, 0.1) is 0 Å². The molecule has 0 aromatic heterocycles. The number of allylic oxidation sites excluding steroid dienone is 1. The molecule has 2 aromatic carbocycles. The summed E-state index contributed by atoms with van der Waals surface area (Å²) in [5, 5.41) is 0.722. The van der Waals surface area contributed by atoms with E-state index in [1.54, 1.807) is 0 Å². The van der Waals surface area contributed by atoms with Crippen molar-refractivity contribution in [1.82, 2.24) is 0 Å². The number of aryl methyl sites for hydroxylation is 2. The van der Waals surface area contributed by atoms with Crippen LogP contribution in [0.2, 0.25) is 5.02 Å². The number of anilines is 1. The summed E-state index contributed by atoms with van der Waals surface area (Å²) in [6, 6.07) is 11.9. The highest BCUT2D eigenvalue weighted by Gasteiger charge is 2.02. The topological polar surface area (TPSA) is 53.7 Å². The van der Waals surface area contributed by atoms with E-state index in [1.165, 1.54) is 11.1 Å². The Morgan fingerprint density at radius 1 is 1.17 bits per heavy atom. The van der Waals surface area contributed by atoms with Crippen LogP contribution < -0.4 is 11.5 Å². The van der Waals surface area contributed by atoms with Crippen LogP contribution in [0.25, 0.3) is 5.57 Å². The van der Waals surface area contributed by atoms with Crippen LogP contribution in [0, 0.1) is 6.92 Å². The molecule has 0 aliphatic rings. The third kappa shape index (κ3) is 7.67. The van der Waals surface area contributed by atoms with E-state index in [9.17, 15) is 0 Å². The van der Waals surface area contributed by atoms with Gasteiger partial charge >= 0.3 is 0 Å². The maximum Gasteiger partial charge on any atom is 0.136 e. The number of hydrogen-bond donors (Lipinski definition) is 2. The second-order valence-electron chi connectivity index (χ2n) is 5.53. The predicted molar refractivity (Wildman–Crippen MR) is 110 cm³/mol. The molecule has 2 nitrogen and oxygen atoms in total. The SMILES string of the molecule is C=C(C)c1ccc(Cl)cc1[NH3+].CC.CCCc1ccc(C)cc1N. The van der Waals surface area contributed by atoms with Crippen LogP contribution in [0.1, 0.15) is 50.8 Å². The summed E-state index contributed by atoms with van der Waals surface area (Å²) in [7, 11) is 0. The van der Waals surface area contributed by atoms with Crippen LogP contribution >= 0.6 is 11.6 Å². The van der Waals surface area contributed by atoms with E-state index in [0.29, 0.717) is 0 Å². The summed E-state index contributed by atoms with van der Waals surface area (Å²) in [5.41, 5.74) is 16.1. The van der Waals surface area contributed by atoms with Crippen molar-refractivity contribution in [3.63, 3.8) is 0 Å². The maximum atomic E-state index is 5.81. The minimum absolute atomic E-state index is 0.722. The van der Waals surface area contributed by atoms with E-state index in [4.69, 9.17) is 17.3 Å². The Hall–Kier alpha value is -1.77. The van der Waals surface area contributed by atoms with Gasteiger partial charge in [-0.05, 0) is 55.2 Å². The van der Waals surface area contributed by atoms with Gasteiger partial charge in [-0.15, -0.1) is 0 Å². The van der Waals surface area contributed by atoms with Gasteiger partial charge in [0.2, 0.25) is 0 Å². The summed E-state index contributed by atoms with van der Waals surface area (Å²) < 4.78 is 0. The van der Waals surface area contributed by atoms with Gasteiger partial charge in [0.1, 0.15) is 5.69 Å². The van der Waals surface area contributed by atoms with Crippen molar-refractivity contribution < 1.29 is 5.73 Å². The summed E-state index contributed by atoms with van der Waals surface area (Å²) >= 11 is 5.75. The van der Waals surface area contributed by atoms with Crippen molar-refractivity contribution >= 4 is 28.5 Å². The van der Waals surface area contributed by atoms with Crippen molar-refractivity contribution in [3.8, 4) is 0 Å². The van der Waals surface area contributed by atoms with Gasteiger partial charge in [-0.25, -0.2) is 0 Å². The molecule has 0 spiro atoms. The number of halogens is 1. The summed E-state index contributed by atoms with van der Waals surface area (Å²) in [5.74, 6) is 0. The minimum atomic E-state index is 0.722. The first-order valence-electron chi connectivity index (χ1n) is 8.47. The van der Waals surface area contributed by atoms with Gasteiger partial charge in [-0.2, -0.15) is 0 Å². The van der Waals surface area contributed by atoms with E-state index < -0.39 is 0 Å². The number of benzene rings is 2. The third-order valence-electron chi connectivity index (χ3n) is 3.35. The van der Waals surface area contributed by atoms with Crippen LogP contribution in [-0.2, 0) is 6.42 Å². The number of nitrogen functional groups attached to an aromatic ring is 1. The molecule has 0 bridgehead atoms. The van der Waals surface area contributed by atoms with Gasteiger partial charge < -0.3 is 11.5 Å². The molecule has 0 fully saturated rings. The highest BCUT2D eigenvalue weighted by atomic mass is 35.5. The van der Waals surface area contributed by atoms with Crippen LogP contribution in [0.5, 0.6) is 0 Å². The standard InChI is InChI=1S/C10H15N.C9H10ClN.C2H6/c1-3-4-9-6-5-8(2)7-10(9)11;1-6(2)8-4-3-7(10)5-9(8)11;1-2/h5-7H,3-4,11H2,1-2H3;3-5H,1,11H2,2H3;1-2H3/p+1. The Labute approximate surface area is 152 Å². The molecule has 0 aliphatic carbocycles. The fraction of sp³-hybridized carbons (Fsp3) is 0.333.